The molecule has 3 aromatic rings. The van der Waals surface area contributed by atoms with Crippen LogP contribution < -0.4 is 4.90 Å². The van der Waals surface area contributed by atoms with Crippen molar-refractivity contribution in [1.29, 1.82) is 0 Å². The van der Waals surface area contributed by atoms with Gasteiger partial charge in [0.1, 0.15) is 17.2 Å². The van der Waals surface area contributed by atoms with Crippen LogP contribution in [0.15, 0.2) is 107 Å². The molecule has 2 atom stereocenters. The minimum absolute atomic E-state index is 0.290. The first-order valence-corrected chi connectivity index (χ1v) is 15.7. The van der Waals surface area contributed by atoms with Crippen LogP contribution >= 0.6 is 0 Å². The highest BCUT2D eigenvalue weighted by Gasteiger charge is 2.29. The van der Waals surface area contributed by atoms with E-state index in [1.807, 2.05) is 18.2 Å². The van der Waals surface area contributed by atoms with Crippen molar-refractivity contribution < 1.29 is 9.50 Å². The maximum atomic E-state index is 13.4. The Labute approximate surface area is 259 Å². The number of nitrogens with zero attached hydrogens (tertiary/aromatic N) is 4. The molecule has 4 heterocycles. The molecular formula is C38H37FN4O. The highest BCUT2D eigenvalue weighted by Crippen LogP contribution is 2.41. The Morgan fingerprint density at radius 1 is 0.932 bits per heavy atom. The molecule has 1 N–H and O–H groups in total. The van der Waals surface area contributed by atoms with E-state index in [4.69, 9.17) is 4.98 Å². The second-order valence-electron chi connectivity index (χ2n) is 12.4. The van der Waals surface area contributed by atoms with Crippen molar-refractivity contribution in [3.05, 3.63) is 130 Å². The van der Waals surface area contributed by atoms with Crippen LogP contribution in [0.4, 0.5) is 10.2 Å². The van der Waals surface area contributed by atoms with E-state index in [1.54, 1.807) is 31.5 Å². The molecular weight excluding hydrogens is 547 g/mol. The highest BCUT2D eigenvalue weighted by atomic mass is 19.1. The molecule has 1 aromatic heterocycles. The topological polar surface area (TPSA) is 52.0 Å². The maximum Gasteiger partial charge on any atom is 0.128 e. The molecule has 0 amide bonds. The van der Waals surface area contributed by atoms with Gasteiger partial charge in [-0.3, -0.25) is 5.01 Å². The SMILES string of the molecule is C[C@](O)(c1ccc(F)cc1)c1ccc(N2CCC/C(=C/C3=CC#CC=NN4CC(c5ccc(C6CC6)cc5)C=C34)CC2)nc1. The number of rotatable bonds is 6. The van der Waals surface area contributed by atoms with Gasteiger partial charge >= 0.3 is 0 Å². The van der Waals surface area contributed by atoms with Crippen molar-refractivity contribution in [1.82, 2.24) is 9.99 Å². The molecule has 2 fully saturated rings. The van der Waals surface area contributed by atoms with Gasteiger partial charge in [-0.15, -0.1) is 0 Å². The van der Waals surface area contributed by atoms with E-state index in [0.717, 1.165) is 61.9 Å². The predicted octanol–water partition coefficient (Wildman–Crippen LogP) is 7.18. The number of anilines is 1. The third kappa shape index (κ3) is 5.98. The van der Waals surface area contributed by atoms with Gasteiger partial charge in [0, 0.05) is 36.3 Å². The van der Waals surface area contributed by atoms with Gasteiger partial charge in [-0.05, 0) is 97.9 Å². The lowest BCUT2D eigenvalue weighted by atomic mass is 9.89. The van der Waals surface area contributed by atoms with Crippen LogP contribution in [0.5, 0.6) is 0 Å². The zero-order chi connectivity index (χ0) is 30.1. The first-order valence-electron chi connectivity index (χ1n) is 15.7. The van der Waals surface area contributed by atoms with Gasteiger partial charge in [-0.2, -0.15) is 5.10 Å². The van der Waals surface area contributed by atoms with Crippen molar-refractivity contribution in [3.63, 3.8) is 0 Å². The summed E-state index contributed by atoms with van der Waals surface area (Å²) >= 11 is 0. The Morgan fingerprint density at radius 3 is 2.45 bits per heavy atom. The molecule has 3 aliphatic heterocycles. The number of pyridine rings is 1. The van der Waals surface area contributed by atoms with Gasteiger partial charge in [0.15, 0.2) is 0 Å². The van der Waals surface area contributed by atoms with Gasteiger partial charge < -0.3 is 10.0 Å². The van der Waals surface area contributed by atoms with E-state index < -0.39 is 5.60 Å². The number of halogens is 1. The second-order valence-corrected chi connectivity index (χ2v) is 12.4. The summed E-state index contributed by atoms with van der Waals surface area (Å²) in [6.07, 6.45) is 15.8. The summed E-state index contributed by atoms with van der Waals surface area (Å²) in [5.74, 6) is 7.85. The molecule has 6 heteroatoms. The molecule has 0 radical (unpaired) electrons. The van der Waals surface area contributed by atoms with Crippen LogP contribution in [0.25, 0.3) is 0 Å². The van der Waals surface area contributed by atoms with E-state index in [2.05, 4.69) is 63.3 Å². The van der Waals surface area contributed by atoms with Crippen LogP contribution in [0, 0.1) is 17.7 Å². The summed E-state index contributed by atoms with van der Waals surface area (Å²) in [6, 6.07) is 19.1. The van der Waals surface area contributed by atoms with Gasteiger partial charge in [0.25, 0.3) is 0 Å². The zero-order valence-electron chi connectivity index (χ0n) is 25.1. The summed E-state index contributed by atoms with van der Waals surface area (Å²) in [5.41, 5.74) is 6.51. The van der Waals surface area contributed by atoms with Gasteiger partial charge in [-0.25, -0.2) is 9.37 Å². The summed E-state index contributed by atoms with van der Waals surface area (Å²) in [5, 5.41) is 18.0. The van der Waals surface area contributed by atoms with Crippen LogP contribution in [-0.2, 0) is 5.60 Å². The van der Waals surface area contributed by atoms with Gasteiger partial charge in [-0.1, -0.05) is 60.0 Å². The standard InChI is InChI=1S/C38H37FN4O/c1-38(44,33-13-16-35(39)17-14-33)34-15-18-37(40-25-34)42-21-4-5-27(19-22-42)23-31-6-2-3-20-41-43-26-32(24-36(31)43)30-11-9-29(10-12-30)28-7-8-28/h6,9-18,20,23-25,28,32,44H,4-5,7-8,19,21-22,26H2,1H3/b27-23-,31-6?,41-20?/t32?,38-/m0/s1. The summed E-state index contributed by atoms with van der Waals surface area (Å²) in [7, 11) is 0. The van der Waals surface area contributed by atoms with E-state index in [-0.39, 0.29) is 11.7 Å². The average molecular weight is 585 g/mol. The second kappa shape index (κ2) is 11.9. The minimum Gasteiger partial charge on any atom is -0.381 e. The Kier molecular flexibility index (Phi) is 7.66. The molecule has 44 heavy (non-hydrogen) atoms. The molecule has 5 nitrogen and oxygen atoms in total. The molecule has 222 valence electrons. The normalized spacial score (nSPS) is 22.2. The van der Waals surface area contributed by atoms with Crippen molar-refractivity contribution in [2.75, 3.05) is 24.5 Å². The first kappa shape index (κ1) is 28.3. The molecule has 1 unspecified atom stereocenters. The number of aliphatic hydroxyl groups is 1. The number of hydrazone groups is 1. The van der Waals surface area contributed by atoms with Gasteiger partial charge in [0.2, 0.25) is 0 Å². The molecule has 4 aliphatic rings. The lowest BCUT2D eigenvalue weighted by Gasteiger charge is -2.26. The summed E-state index contributed by atoms with van der Waals surface area (Å²) in [4.78, 5) is 7.04. The predicted molar refractivity (Wildman–Crippen MR) is 174 cm³/mol. The number of hydrogen-bond donors (Lipinski definition) is 1. The lowest BCUT2D eigenvalue weighted by molar-refractivity contribution is 0.102. The van der Waals surface area contributed by atoms with Crippen LogP contribution in [0.3, 0.4) is 0 Å². The molecule has 1 saturated heterocycles. The molecule has 2 aromatic carbocycles. The van der Waals surface area contributed by atoms with Crippen molar-refractivity contribution in [2.24, 2.45) is 5.10 Å². The third-order valence-electron chi connectivity index (χ3n) is 9.32. The van der Waals surface area contributed by atoms with Crippen LogP contribution in [-0.4, -0.2) is 40.9 Å². The average Bonchev–Trinajstić information content (AvgIpc) is 3.84. The third-order valence-corrected chi connectivity index (χ3v) is 9.32. The Morgan fingerprint density at radius 2 is 1.70 bits per heavy atom. The Hall–Kier alpha value is -4.47. The van der Waals surface area contributed by atoms with E-state index in [9.17, 15) is 9.50 Å². The van der Waals surface area contributed by atoms with Crippen LogP contribution in [0.2, 0.25) is 0 Å². The number of benzene rings is 2. The molecule has 7 rings (SSSR count). The zero-order valence-corrected chi connectivity index (χ0v) is 25.1. The Bertz CT molecular complexity index is 1700. The molecule has 1 saturated carbocycles. The molecule has 0 bridgehead atoms. The number of hydrogen-bond acceptors (Lipinski definition) is 5. The van der Waals surface area contributed by atoms with Crippen molar-refractivity contribution in [3.8, 4) is 11.8 Å². The van der Waals surface area contributed by atoms with Crippen molar-refractivity contribution in [2.45, 2.75) is 56.5 Å². The number of allylic oxidation sites excluding steroid dienone is 2. The first-order chi connectivity index (χ1) is 21.4. The summed E-state index contributed by atoms with van der Waals surface area (Å²) in [6.45, 7) is 4.31. The van der Waals surface area contributed by atoms with E-state index in [1.165, 1.54) is 41.7 Å². The molecule has 1 aliphatic carbocycles. The lowest BCUT2D eigenvalue weighted by Crippen LogP contribution is -2.26. The largest absolute Gasteiger partial charge is 0.381 e. The van der Waals surface area contributed by atoms with E-state index >= 15 is 0 Å². The quantitative estimate of drug-likeness (QED) is 0.312. The number of fused-ring (bicyclic) bond motifs is 1. The van der Waals surface area contributed by atoms with E-state index in [0.29, 0.717) is 11.1 Å². The fraction of sp³-hybridized carbons (Fsp3) is 0.316. The number of aromatic nitrogens is 1. The fourth-order valence-electron chi connectivity index (χ4n) is 6.45. The summed E-state index contributed by atoms with van der Waals surface area (Å²) < 4.78 is 13.4. The smallest absolute Gasteiger partial charge is 0.128 e. The highest BCUT2D eigenvalue weighted by molar-refractivity contribution is 5.79. The van der Waals surface area contributed by atoms with Gasteiger partial charge in [0.05, 0.1) is 18.5 Å². The Balaban J connectivity index is 1.05. The minimum atomic E-state index is -1.26. The monoisotopic (exact) mass is 584 g/mol. The molecule has 0 spiro atoms. The van der Waals surface area contributed by atoms with Crippen LogP contribution in [0.1, 0.15) is 73.1 Å². The fourth-order valence-corrected chi connectivity index (χ4v) is 6.45. The van der Waals surface area contributed by atoms with Crippen molar-refractivity contribution >= 4 is 12.0 Å². The maximum absolute atomic E-state index is 13.4.